The zero-order chi connectivity index (χ0) is 18.0. The molecular formula is C21H21NO3. The fourth-order valence-corrected chi connectivity index (χ4v) is 2.75. The maximum atomic E-state index is 12.6. The summed E-state index contributed by atoms with van der Waals surface area (Å²) in [6.07, 6.45) is 1.07. The van der Waals surface area contributed by atoms with Crippen molar-refractivity contribution in [1.82, 2.24) is 4.90 Å². The van der Waals surface area contributed by atoms with Gasteiger partial charge < -0.3 is 4.74 Å². The average molecular weight is 335 g/mol. The molecule has 0 bridgehead atoms. The Bertz CT molecular complexity index is 832. The standard InChI is InChI=1S/C21H21NO3/c1-21(2,3)25-20(24)22-14-16-11-7-8-12-17(16)18(22)13-19(23)15-9-5-4-6-10-15/h4-13H,14H2,1-3H3/b18-13+. The highest BCUT2D eigenvalue weighted by atomic mass is 16.6. The van der Waals surface area contributed by atoms with Gasteiger partial charge in [-0.05, 0) is 26.3 Å². The van der Waals surface area contributed by atoms with E-state index in [-0.39, 0.29) is 5.78 Å². The largest absolute Gasteiger partial charge is 0.443 e. The lowest BCUT2D eigenvalue weighted by atomic mass is 10.1. The summed E-state index contributed by atoms with van der Waals surface area (Å²) < 4.78 is 5.51. The first-order chi connectivity index (χ1) is 11.8. The Kier molecular flexibility index (Phi) is 4.45. The molecule has 1 aliphatic rings. The second-order valence-electron chi connectivity index (χ2n) is 6.98. The van der Waals surface area contributed by atoms with Gasteiger partial charge in [-0.1, -0.05) is 54.6 Å². The van der Waals surface area contributed by atoms with E-state index in [4.69, 9.17) is 4.74 Å². The first-order valence-electron chi connectivity index (χ1n) is 8.25. The lowest BCUT2D eigenvalue weighted by Gasteiger charge is -2.25. The normalized spacial score (nSPS) is 15.2. The molecule has 4 heteroatoms. The van der Waals surface area contributed by atoms with E-state index in [1.54, 1.807) is 12.1 Å². The molecule has 1 amide bonds. The number of ketones is 1. The van der Waals surface area contributed by atoms with Crippen LogP contribution in [0.4, 0.5) is 4.79 Å². The lowest BCUT2D eigenvalue weighted by Crippen LogP contribution is -2.33. The van der Waals surface area contributed by atoms with E-state index < -0.39 is 11.7 Å². The number of carbonyl (C=O) groups is 2. The van der Waals surface area contributed by atoms with Crippen molar-refractivity contribution >= 4 is 17.6 Å². The van der Waals surface area contributed by atoms with Crippen LogP contribution in [0.2, 0.25) is 0 Å². The number of benzene rings is 2. The number of ether oxygens (including phenoxy) is 1. The molecule has 0 spiro atoms. The summed E-state index contributed by atoms with van der Waals surface area (Å²) in [6, 6.07) is 16.7. The Labute approximate surface area is 147 Å². The molecule has 0 atom stereocenters. The van der Waals surface area contributed by atoms with Crippen molar-refractivity contribution in [2.24, 2.45) is 0 Å². The van der Waals surface area contributed by atoms with Gasteiger partial charge in [0.2, 0.25) is 0 Å². The van der Waals surface area contributed by atoms with Crippen LogP contribution in [0.25, 0.3) is 5.70 Å². The fourth-order valence-electron chi connectivity index (χ4n) is 2.75. The third kappa shape index (κ3) is 3.79. The van der Waals surface area contributed by atoms with Crippen molar-refractivity contribution in [3.63, 3.8) is 0 Å². The summed E-state index contributed by atoms with van der Waals surface area (Å²) in [5.74, 6) is -0.138. The average Bonchev–Trinajstić information content (AvgIpc) is 2.93. The molecule has 0 saturated heterocycles. The van der Waals surface area contributed by atoms with Crippen LogP contribution in [-0.4, -0.2) is 22.4 Å². The zero-order valence-corrected chi connectivity index (χ0v) is 14.7. The molecule has 128 valence electrons. The van der Waals surface area contributed by atoms with Crippen molar-refractivity contribution in [2.75, 3.05) is 0 Å². The van der Waals surface area contributed by atoms with Gasteiger partial charge in [0.25, 0.3) is 0 Å². The van der Waals surface area contributed by atoms with E-state index in [1.165, 1.54) is 11.0 Å². The molecule has 0 aromatic heterocycles. The number of allylic oxidation sites excluding steroid dienone is 1. The lowest BCUT2D eigenvalue weighted by molar-refractivity contribution is 0.0352. The van der Waals surface area contributed by atoms with Crippen LogP contribution < -0.4 is 0 Å². The molecule has 0 unspecified atom stereocenters. The van der Waals surface area contributed by atoms with Crippen LogP contribution in [0.15, 0.2) is 60.7 Å². The van der Waals surface area contributed by atoms with Crippen LogP contribution in [0.3, 0.4) is 0 Å². The van der Waals surface area contributed by atoms with E-state index in [2.05, 4.69) is 0 Å². The Morgan fingerprint density at radius 2 is 1.64 bits per heavy atom. The monoisotopic (exact) mass is 335 g/mol. The molecule has 0 fully saturated rings. The smallest absolute Gasteiger partial charge is 0.415 e. The highest BCUT2D eigenvalue weighted by Gasteiger charge is 2.32. The van der Waals surface area contributed by atoms with E-state index in [0.717, 1.165) is 11.1 Å². The van der Waals surface area contributed by atoms with Crippen molar-refractivity contribution in [1.29, 1.82) is 0 Å². The van der Waals surface area contributed by atoms with Crippen LogP contribution in [-0.2, 0) is 11.3 Å². The van der Waals surface area contributed by atoms with Crippen LogP contribution in [0.1, 0.15) is 42.3 Å². The second-order valence-corrected chi connectivity index (χ2v) is 6.98. The van der Waals surface area contributed by atoms with Gasteiger partial charge >= 0.3 is 6.09 Å². The molecule has 4 nitrogen and oxygen atoms in total. The van der Waals surface area contributed by atoms with E-state index in [0.29, 0.717) is 17.8 Å². The van der Waals surface area contributed by atoms with Gasteiger partial charge in [0.15, 0.2) is 5.78 Å². The number of amides is 1. The Morgan fingerprint density at radius 1 is 1.00 bits per heavy atom. The fraction of sp³-hybridized carbons (Fsp3) is 0.238. The third-order valence-electron chi connectivity index (χ3n) is 3.85. The molecule has 2 aromatic carbocycles. The second kappa shape index (κ2) is 6.55. The summed E-state index contributed by atoms with van der Waals surface area (Å²) >= 11 is 0. The van der Waals surface area contributed by atoms with Gasteiger partial charge in [-0.3, -0.25) is 9.69 Å². The number of fused-ring (bicyclic) bond motifs is 1. The first kappa shape index (κ1) is 17.0. The topological polar surface area (TPSA) is 46.6 Å². The molecule has 0 aliphatic carbocycles. The minimum atomic E-state index is -0.597. The highest BCUT2D eigenvalue weighted by molar-refractivity contribution is 6.09. The van der Waals surface area contributed by atoms with Gasteiger partial charge in [-0.15, -0.1) is 0 Å². The van der Waals surface area contributed by atoms with E-state index in [1.807, 2.05) is 63.2 Å². The number of carbonyl (C=O) groups excluding carboxylic acids is 2. The molecule has 1 aliphatic heterocycles. The molecule has 0 saturated carbocycles. The Morgan fingerprint density at radius 3 is 2.32 bits per heavy atom. The maximum Gasteiger partial charge on any atom is 0.415 e. The van der Waals surface area contributed by atoms with Gasteiger partial charge in [-0.2, -0.15) is 0 Å². The molecule has 3 rings (SSSR count). The van der Waals surface area contributed by atoms with Crippen LogP contribution >= 0.6 is 0 Å². The van der Waals surface area contributed by atoms with Gasteiger partial charge in [0.05, 0.1) is 12.2 Å². The minimum Gasteiger partial charge on any atom is -0.443 e. The molecule has 2 aromatic rings. The highest BCUT2D eigenvalue weighted by Crippen LogP contribution is 2.34. The Hall–Kier alpha value is -2.88. The van der Waals surface area contributed by atoms with Gasteiger partial charge in [0.1, 0.15) is 5.60 Å². The molecule has 25 heavy (non-hydrogen) atoms. The number of hydrogen-bond donors (Lipinski definition) is 0. The number of rotatable bonds is 2. The van der Waals surface area contributed by atoms with Crippen LogP contribution in [0.5, 0.6) is 0 Å². The van der Waals surface area contributed by atoms with Crippen molar-refractivity contribution in [3.8, 4) is 0 Å². The molecule has 0 radical (unpaired) electrons. The zero-order valence-electron chi connectivity index (χ0n) is 14.7. The van der Waals surface area contributed by atoms with Crippen molar-refractivity contribution in [2.45, 2.75) is 32.9 Å². The van der Waals surface area contributed by atoms with Gasteiger partial charge in [-0.25, -0.2) is 4.79 Å². The summed E-state index contributed by atoms with van der Waals surface area (Å²) in [6.45, 7) is 5.88. The summed E-state index contributed by atoms with van der Waals surface area (Å²) in [4.78, 5) is 26.7. The molecular weight excluding hydrogens is 314 g/mol. The van der Waals surface area contributed by atoms with Crippen molar-refractivity contribution < 1.29 is 14.3 Å². The predicted octanol–water partition coefficient (Wildman–Crippen LogP) is 4.66. The summed E-state index contributed by atoms with van der Waals surface area (Å²) in [5.41, 5.74) is 2.46. The Balaban J connectivity index is 1.98. The first-order valence-corrected chi connectivity index (χ1v) is 8.25. The summed E-state index contributed by atoms with van der Waals surface area (Å²) in [7, 11) is 0. The molecule has 0 N–H and O–H groups in total. The van der Waals surface area contributed by atoms with Crippen molar-refractivity contribution in [3.05, 3.63) is 77.4 Å². The summed E-state index contributed by atoms with van der Waals surface area (Å²) in [5, 5.41) is 0. The minimum absolute atomic E-state index is 0.138. The predicted molar refractivity (Wildman–Crippen MR) is 97.0 cm³/mol. The number of hydrogen-bond acceptors (Lipinski definition) is 3. The molecule has 1 heterocycles. The third-order valence-corrected chi connectivity index (χ3v) is 3.85. The maximum absolute atomic E-state index is 12.6. The van der Waals surface area contributed by atoms with E-state index >= 15 is 0 Å². The SMILES string of the molecule is CC(C)(C)OC(=O)N1Cc2ccccc2/C1=C\C(=O)c1ccccc1. The van der Waals surface area contributed by atoms with E-state index in [9.17, 15) is 9.59 Å². The number of nitrogens with zero attached hydrogens (tertiary/aromatic N) is 1. The quantitative estimate of drug-likeness (QED) is 0.592. The van der Waals surface area contributed by atoms with Crippen LogP contribution in [0, 0.1) is 0 Å². The van der Waals surface area contributed by atoms with Gasteiger partial charge in [0, 0.05) is 17.2 Å².